The van der Waals surface area contributed by atoms with E-state index in [1.807, 2.05) is 0 Å². The van der Waals surface area contributed by atoms with Crippen LogP contribution in [0.3, 0.4) is 0 Å². The first-order valence-corrected chi connectivity index (χ1v) is 5.69. The third-order valence-corrected chi connectivity index (χ3v) is 2.88. The molecule has 4 nitrogen and oxygen atoms in total. The fourth-order valence-corrected chi connectivity index (χ4v) is 1.95. The zero-order valence-corrected chi connectivity index (χ0v) is 10.3. The van der Waals surface area contributed by atoms with Gasteiger partial charge in [0.2, 0.25) is 5.28 Å². The number of hydrogen-bond donors (Lipinski definition) is 1. The van der Waals surface area contributed by atoms with Crippen molar-refractivity contribution in [1.82, 2.24) is 9.55 Å². The van der Waals surface area contributed by atoms with Crippen molar-refractivity contribution in [2.24, 2.45) is 5.73 Å². The Morgan fingerprint density at radius 3 is 2.63 bits per heavy atom. The molecule has 0 fully saturated rings. The summed E-state index contributed by atoms with van der Waals surface area (Å²) in [5.74, 6) is 0. The number of hydrogen-bond acceptors (Lipinski definition) is 3. The Morgan fingerprint density at radius 2 is 2.05 bits per heavy atom. The molecule has 0 spiro atoms. The van der Waals surface area contributed by atoms with Gasteiger partial charge in [-0.15, -0.1) is 0 Å². The third-order valence-electron chi connectivity index (χ3n) is 2.59. The van der Waals surface area contributed by atoms with E-state index < -0.39 is 17.3 Å². The standard InChI is InChI=1S/C11H9ClF3N3O/c12-10-17-8-2-1-6(11(13,14)15)5-7(8)9(19)18(10)4-3-16/h1-2,5H,3-4,16H2. The predicted octanol–water partition coefficient (Wildman–Crippen LogP) is 2.03. The van der Waals surface area contributed by atoms with Gasteiger partial charge < -0.3 is 5.73 Å². The van der Waals surface area contributed by atoms with Crippen LogP contribution in [0, 0.1) is 0 Å². The van der Waals surface area contributed by atoms with E-state index in [4.69, 9.17) is 17.3 Å². The summed E-state index contributed by atoms with van der Waals surface area (Å²) in [5.41, 5.74) is 3.90. The van der Waals surface area contributed by atoms with Gasteiger partial charge in [0.25, 0.3) is 5.56 Å². The van der Waals surface area contributed by atoms with Gasteiger partial charge in [0.1, 0.15) is 0 Å². The molecule has 0 aliphatic rings. The Kier molecular flexibility index (Phi) is 3.51. The van der Waals surface area contributed by atoms with Crippen molar-refractivity contribution >= 4 is 22.5 Å². The molecular formula is C11H9ClF3N3O. The monoisotopic (exact) mass is 291 g/mol. The van der Waals surface area contributed by atoms with Crippen LogP contribution in [0.2, 0.25) is 5.28 Å². The topological polar surface area (TPSA) is 60.9 Å². The lowest BCUT2D eigenvalue weighted by atomic mass is 10.1. The zero-order valence-electron chi connectivity index (χ0n) is 9.54. The molecule has 8 heteroatoms. The highest BCUT2D eigenvalue weighted by Gasteiger charge is 2.31. The second-order valence-corrected chi connectivity index (χ2v) is 4.19. The van der Waals surface area contributed by atoms with Crippen LogP contribution in [0.1, 0.15) is 5.56 Å². The van der Waals surface area contributed by atoms with Crippen molar-refractivity contribution in [2.75, 3.05) is 6.54 Å². The van der Waals surface area contributed by atoms with Crippen molar-refractivity contribution < 1.29 is 13.2 Å². The first kappa shape index (κ1) is 13.8. The van der Waals surface area contributed by atoms with Gasteiger partial charge in [-0.3, -0.25) is 9.36 Å². The van der Waals surface area contributed by atoms with E-state index in [2.05, 4.69) is 4.98 Å². The number of benzene rings is 1. The molecule has 0 aliphatic carbocycles. The van der Waals surface area contributed by atoms with Crippen LogP contribution in [-0.4, -0.2) is 16.1 Å². The summed E-state index contributed by atoms with van der Waals surface area (Å²) < 4.78 is 38.8. The molecule has 1 heterocycles. The summed E-state index contributed by atoms with van der Waals surface area (Å²) in [7, 11) is 0. The largest absolute Gasteiger partial charge is 0.416 e. The first-order chi connectivity index (χ1) is 8.84. The minimum absolute atomic E-state index is 0.0941. The van der Waals surface area contributed by atoms with Crippen molar-refractivity contribution in [2.45, 2.75) is 12.7 Å². The fourth-order valence-electron chi connectivity index (χ4n) is 1.69. The van der Waals surface area contributed by atoms with Gasteiger partial charge in [-0.2, -0.15) is 13.2 Å². The van der Waals surface area contributed by atoms with Gasteiger partial charge in [-0.25, -0.2) is 4.98 Å². The minimum Gasteiger partial charge on any atom is -0.329 e. The third kappa shape index (κ3) is 2.57. The van der Waals surface area contributed by atoms with E-state index in [1.165, 1.54) is 0 Å². The van der Waals surface area contributed by atoms with E-state index in [1.54, 1.807) is 0 Å². The van der Waals surface area contributed by atoms with Gasteiger partial charge >= 0.3 is 6.18 Å². The van der Waals surface area contributed by atoms with Crippen LogP contribution in [0.25, 0.3) is 10.9 Å². The Bertz CT molecular complexity index is 681. The van der Waals surface area contributed by atoms with Gasteiger partial charge in [0.05, 0.1) is 16.5 Å². The molecular weight excluding hydrogens is 283 g/mol. The zero-order chi connectivity index (χ0) is 14.2. The molecule has 102 valence electrons. The van der Waals surface area contributed by atoms with Crippen LogP contribution in [0.15, 0.2) is 23.0 Å². The molecule has 0 atom stereocenters. The number of nitrogens with two attached hydrogens (primary N) is 1. The fraction of sp³-hybridized carbons (Fsp3) is 0.273. The second kappa shape index (κ2) is 4.82. The Hall–Kier alpha value is -1.60. The normalized spacial score (nSPS) is 12.1. The van der Waals surface area contributed by atoms with Crippen LogP contribution in [-0.2, 0) is 12.7 Å². The van der Waals surface area contributed by atoms with E-state index in [0.29, 0.717) is 0 Å². The predicted molar refractivity (Wildman–Crippen MR) is 65.1 cm³/mol. The average molecular weight is 292 g/mol. The molecule has 0 radical (unpaired) electrons. The molecule has 0 aliphatic heterocycles. The number of rotatable bonds is 2. The highest BCUT2D eigenvalue weighted by molar-refractivity contribution is 6.28. The number of fused-ring (bicyclic) bond motifs is 1. The molecule has 2 N–H and O–H groups in total. The van der Waals surface area contributed by atoms with Gasteiger partial charge in [-0.1, -0.05) is 0 Å². The number of nitrogens with zero attached hydrogens (tertiary/aromatic N) is 2. The van der Waals surface area contributed by atoms with E-state index in [-0.39, 0.29) is 29.3 Å². The summed E-state index contributed by atoms with van der Waals surface area (Å²) in [6.45, 7) is 0.225. The lowest BCUT2D eigenvalue weighted by molar-refractivity contribution is -0.137. The van der Waals surface area contributed by atoms with Gasteiger partial charge in [0, 0.05) is 13.1 Å². The number of halogens is 4. The van der Waals surface area contributed by atoms with Crippen molar-refractivity contribution in [3.8, 4) is 0 Å². The SMILES string of the molecule is NCCn1c(Cl)nc2ccc(C(F)(F)F)cc2c1=O. The summed E-state index contributed by atoms with van der Waals surface area (Å²) in [5, 5.41) is -0.226. The molecule has 0 unspecified atom stereocenters. The molecule has 2 aromatic rings. The molecule has 0 saturated heterocycles. The van der Waals surface area contributed by atoms with E-state index in [9.17, 15) is 18.0 Å². The Morgan fingerprint density at radius 1 is 1.37 bits per heavy atom. The maximum absolute atomic E-state index is 12.6. The minimum atomic E-state index is -4.51. The summed E-state index contributed by atoms with van der Waals surface area (Å²) in [4.78, 5) is 15.9. The molecule has 0 bridgehead atoms. The van der Waals surface area contributed by atoms with Gasteiger partial charge in [0.15, 0.2) is 0 Å². The maximum atomic E-state index is 12.6. The first-order valence-electron chi connectivity index (χ1n) is 5.32. The van der Waals surface area contributed by atoms with Crippen molar-refractivity contribution in [3.05, 3.63) is 39.4 Å². The lowest BCUT2D eigenvalue weighted by Crippen LogP contribution is -2.26. The Labute approximate surface area is 110 Å². The second-order valence-electron chi connectivity index (χ2n) is 3.86. The number of aromatic nitrogens is 2. The number of alkyl halides is 3. The van der Waals surface area contributed by atoms with Crippen molar-refractivity contribution in [1.29, 1.82) is 0 Å². The molecule has 1 aromatic carbocycles. The molecule has 19 heavy (non-hydrogen) atoms. The van der Waals surface area contributed by atoms with Crippen LogP contribution < -0.4 is 11.3 Å². The summed E-state index contributed by atoms with van der Waals surface area (Å²) >= 11 is 5.79. The van der Waals surface area contributed by atoms with E-state index in [0.717, 1.165) is 22.8 Å². The summed E-state index contributed by atoms with van der Waals surface area (Å²) in [6.07, 6.45) is -4.51. The molecule has 2 rings (SSSR count). The molecule has 0 saturated carbocycles. The summed E-state index contributed by atoms with van der Waals surface area (Å²) in [6, 6.07) is 2.75. The Balaban J connectivity index is 2.74. The molecule has 0 amide bonds. The lowest BCUT2D eigenvalue weighted by Gasteiger charge is -2.10. The van der Waals surface area contributed by atoms with Crippen LogP contribution >= 0.6 is 11.6 Å². The average Bonchev–Trinajstić information content (AvgIpc) is 2.33. The maximum Gasteiger partial charge on any atom is 0.416 e. The van der Waals surface area contributed by atoms with Crippen LogP contribution in [0.5, 0.6) is 0 Å². The van der Waals surface area contributed by atoms with Crippen LogP contribution in [0.4, 0.5) is 13.2 Å². The highest BCUT2D eigenvalue weighted by atomic mass is 35.5. The highest BCUT2D eigenvalue weighted by Crippen LogP contribution is 2.30. The van der Waals surface area contributed by atoms with E-state index >= 15 is 0 Å². The molecule has 1 aromatic heterocycles. The van der Waals surface area contributed by atoms with Crippen molar-refractivity contribution in [3.63, 3.8) is 0 Å². The quantitative estimate of drug-likeness (QED) is 0.861. The van der Waals surface area contributed by atoms with Gasteiger partial charge in [-0.05, 0) is 29.8 Å². The smallest absolute Gasteiger partial charge is 0.329 e.